The molecule has 0 saturated carbocycles. The van der Waals surface area contributed by atoms with Crippen molar-refractivity contribution in [1.29, 1.82) is 0 Å². The minimum atomic E-state index is 0.664. The smallest absolute Gasteiger partial charge is 0.0983 e. The van der Waals surface area contributed by atoms with Crippen LogP contribution in [0, 0.1) is 5.92 Å². The van der Waals surface area contributed by atoms with E-state index in [-0.39, 0.29) is 0 Å². The third kappa shape index (κ3) is 4.69. The molecular formula is C16H24N2S2. The van der Waals surface area contributed by atoms with Crippen LogP contribution >= 0.6 is 22.7 Å². The minimum absolute atomic E-state index is 0.664. The second kappa shape index (κ2) is 7.91. The molecule has 0 saturated heterocycles. The summed E-state index contributed by atoms with van der Waals surface area (Å²) in [5, 5.41) is 6.91. The van der Waals surface area contributed by atoms with Gasteiger partial charge in [0.05, 0.1) is 10.7 Å². The topological polar surface area (TPSA) is 24.9 Å². The van der Waals surface area contributed by atoms with Gasteiger partial charge in [-0.3, -0.25) is 0 Å². The number of aromatic nitrogens is 1. The van der Waals surface area contributed by atoms with Gasteiger partial charge in [-0.05, 0) is 36.8 Å². The Morgan fingerprint density at radius 2 is 2.20 bits per heavy atom. The normalized spacial score (nSPS) is 11.4. The van der Waals surface area contributed by atoms with E-state index in [1.807, 2.05) is 22.7 Å². The number of thiazole rings is 1. The van der Waals surface area contributed by atoms with Gasteiger partial charge in [-0.25, -0.2) is 4.98 Å². The molecule has 0 aliphatic rings. The maximum atomic E-state index is 4.89. The summed E-state index contributed by atoms with van der Waals surface area (Å²) >= 11 is 3.70. The summed E-state index contributed by atoms with van der Waals surface area (Å²) in [6.07, 6.45) is 3.26. The lowest BCUT2D eigenvalue weighted by Crippen LogP contribution is -2.14. The first kappa shape index (κ1) is 15.7. The van der Waals surface area contributed by atoms with Gasteiger partial charge in [0.1, 0.15) is 0 Å². The molecule has 2 heterocycles. The van der Waals surface area contributed by atoms with E-state index < -0.39 is 0 Å². The van der Waals surface area contributed by atoms with E-state index in [1.165, 1.54) is 26.9 Å². The molecule has 4 heteroatoms. The maximum absolute atomic E-state index is 4.89. The summed E-state index contributed by atoms with van der Waals surface area (Å²) in [6, 6.07) is 4.32. The zero-order valence-electron chi connectivity index (χ0n) is 12.6. The Labute approximate surface area is 130 Å². The number of rotatable bonds is 8. The average Bonchev–Trinajstić information content (AvgIpc) is 3.00. The molecule has 20 heavy (non-hydrogen) atoms. The monoisotopic (exact) mass is 308 g/mol. The molecule has 0 spiro atoms. The van der Waals surface area contributed by atoms with Crippen molar-refractivity contribution in [1.82, 2.24) is 10.3 Å². The van der Waals surface area contributed by atoms with E-state index in [0.29, 0.717) is 5.92 Å². The van der Waals surface area contributed by atoms with Crippen molar-refractivity contribution in [2.24, 2.45) is 5.92 Å². The molecule has 0 aliphatic carbocycles. The Balaban J connectivity index is 2.08. The summed E-state index contributed by atoms with van der Waals surface area (Å²) in [6.45, 7) is 8.79. The molecule has 2 rings (SSSR count). The molecule has 0 amide bonds. The van der Waals surface area contributed by atoms with E-state index >= 15 is 0 Å². The van der Waals surface area contributed by atoms with Gasteiger partial charge in [-0.15, -0.1) is 22.7 Å². The van der Waals surface area contributed by atoms with E-state index in [2.05, 4.69) is 43.6 Å². The highest BCUT2D eigenvalue weighted by molar-refractivity contribution is 7.12. The zero-order chi connectivity index (χ0) is 14.4. The summed E-state index contributed by atoms with van der Waals surface area (Å²) in [5.41, 5.74) is 1.31. The van der Waals surface area contributed by atoms with Gasteiger partial charge in [-0.1, -0.05) is 26.8 Å². The van der Waals surface area contributed by atoms with Crippen molar-refractivity contribution in [2.75, 3.05) is 6.54 Å². The second-order valence-electron chi connectivity index (χ2n) is 5.51. The van der Waals surface area contributed by atoms with Crippen molar-refractivity contribution in [3.63, 3.8) is 0 Å². The average molecular weight is 309 g/mol. The molecule has 0 fully saturated rings. The van der Waals surface area contributed by atoms with Gasteiger partial charge in [0.15, 0.2) is 0 Å². The molecule has 2 aromatic rings. The highest BCUT2D eigenvalue weighted by Gasteiger charge is 2.13. The molecule has 0 bridgehead atoms. The summed E-state index contributed by atoms with van der Waals surface area (Å²) in [4.78, 5) is 7.72. The fourth-order valence-corrected chi connectivity index (χ4v) is 4.03. The lowest BCUT2D eigenvalue weighted by molar-refractivity contribution is 0.622. The number of nitrogens with zero attached hydrogens (tertiary/aromatic N) is 1. The van der Waals surface area contributed by atoms with Crippen LogP contribution in [0.3, 0.4) is 0 Å². The largest absolute Gasteiger partial charge is 0.312 e. The SMILES string of the molecule is CCCNCc1sc(Cc2cccs2)nc1CC(C)C. The maximum Gasteiger partial charge on any atom is 0.0983 e. The quantitative estimate of drug-likeness (QED) is 0.727. The fourth-order valence-electron chi connectivity index (χ4n) is 2.14. The first-order valence-electron chi connectivity index (χ1n) is 7.39. The molecule has 0 radical (unpaired) electrons. The van der Waals surface area contributed by atoms with Crippen LogP contribution in [0.25, 0.3) is 0 Å². The van der Waals surface area contributed by atoms with Gasteiger partial charge in [0.25, 0.3) is 0 Å². The van der Waals surface area contributed by atoms with Crippen molar-refractivity contribution in [3.05, 3.63) is 38.0 Å². The molecule has 0 atom stereocenters. The van der Waals surface area contributed by atoms with Gasteiger partial charge in [0, 0.05) is 22.7 Å². The molecule has 110 valence electrons. The Morgan fingerprint density at radius 3 is 2.85 bits per heavy atom. The van der Waals surface area contributed by atoms with Gasteiger partial charge in [0.2, 0.25) is 0 Å². The van der Waals surface area contributed by atoms with Crippen LogP contribution in [0.2, 0.25) is 0 Å². The predicted molar refractivity (Wildman–Crippen MR) is 89.8 cm³/mol. The van der Waals surface area contributed by atoms with Gasteiger partial charge < -0.3 is 5.32 Å². The fraction of sp³-hybridized carbons (Fsp3) is 0.562. The highest BCUT2D eigenvalue weighted by Crippen LogP contribution is 2.24. The Bertz CT molecular complexity index is 501. The third-order valence-electron chi connectivity index (χ3n) is 3.04. The molecule has 0 aromatic carbocycles. The molecule has 1 N–H and O–H groups in total. The third-order valence-corrected chi connectivity index (χ3v) is 5.02. The highest BCUT2D eigenvalue weighted by atomic mass is 32.1. The van der Waals surface area contributed by atoms with Crippen LogP contribution in [0.1, 0.15) is 47.6 Å². The Kier molecular flexibility index (Phi) is 6.20. The zero-order valence-corrected chi connectivity index (χ0v) is 14.2. The standard InChI is InChI=1S/C16H24N2S2/c1-4-7-17-11-15-14(9-12(2)3)18-16(20-15)10-13-6-5-8-19-13/h5-6,8,12,17H,4,7,9-11H2,1-3H3. The number of nitrogens with one attached hydrogen (secondary N) is 1. The number of hydrogen-bond donors (Lipinski definition) is 1. The molecule has 0 aliphatic heterocycles. The van der Waals surface area contributed by atoms with E-state index in [4.69, 9.17) is 4.98 Å². The van der Waals surface area contributed by atoms with Crippen molar-refractivity contribution >= 4 is 22.7 Å². The molecular weight excluding hydrogens is 284 g/mol. The predicted octanol–water partition coefficient (Wildman–Crippen LogP) is 4.49. The van der Waals surface area contributed by atoms with E-state index in [0.717, 1.165) is 25.9 Å². The Hall–Kier alpha value is -0.710. The van der Waals surface area contributed by atoms with Crippen LogP contribution in [-0.4, -0.2) is 11.5 Å². The summed E-state index contributed by atoms with van der Waals surface area (Å²) in [5.74, 6) is 0.664. The second-order valence-corrected chi connectivity index (χ2v) is 7.71. The molecule has 0 unspecified atom stereocenters. The van der Waals surface area contributed by atoms with E-state index in [1.54, 1.807) is 0 Å². The summed E-state index contributed by atoms with van der Waals surface area (Å²) in [7, 11) is 0. The molecule has 2 aromatic heterocycles. The van der Waals surface area contributed by atoms with Crippen LogP contribution in [0.4, 0.5) is 0 Å². The molecule has 2 nitrogen and oxygen atoms in total. The van der Waals surface area contributed by atoms with Crippen LogP contribution in [-0.2, 0) is 19.4 Å². The lowest BCUT2D eigenvalue weighted by Gasteiger charge is -2.05. The first-order valence-corrected chi connectivity index (χ1v) is 9.09. The van der Waals surface area contributed by atoms with Crippen molar-refractivity contribution < 1.29 is 0 Å². The Morgan fingerprint density at radius 1 is 1.35 bits per heavy atom. The first-order chi connectivity index (χ1) is 9.69. The lowest BCUT2D eigenvalue weighted by atomic mass is 10.1. The van der Waals surface area contributed by atoms with Crippen molar-refractivity contribution in [3.8, 4) is 0 Å². The number of hydrogen-bond acceptors (Lipinski definition) is 4. The number of thiophene rings is 1. The minimum Gasteiger partial charge on any atom is -0.312 e. The summed E-state index contributed by atoms with van der Waals surface area (Å²) < 4.78 is 0. The van der Waals surface area contributed by atoms with Crippen LogP contribution in [0.5, 0.6) is 0 Å². The van der Waals surface area contributed by atoms with Gasteiger partial charge >= 0.3 is 0 Å². The van der Waals surface area contributed by atoms with Gasteiger partial charge in [-0.2, -0.15) is 0 Å². The van der Waals surface area contributed by atoms with Crippen molar-refractivity contribution in [2.45, 2.75) is 46.6 Å². The van der Waals surface area contributed by atoms with Crippen LogP contribution < -0.4 is 5.32 Å². The van der Waals surface area contributed by atoms with E-state index in [9.17, 15) is 0 Å². The van der Waals surface area contributed by atoms with Crippen LogP contribution in [0.15, 0.2) is 17.5 Å².